The van der Waals surface area contributed by atoms with Crippen molar-refractivity contribution in [2.75, 3.05) is 19.8 Å². The van der Waals surface area contributed by atoms with Gasteiger partial charge >= 0.3 is 0 Å². The Morgan fingerprint density at radius 3 is 1.49 bits per heavy atom. The van der Waals surface area contributed by atoms with E-state index in [2.05, 4.69) is 79.9 Å². The SMILES string of the molecule is CC/C=C\C/C=C\C/C=C\C/C=C\CCCCCCCCCCCCCCCCCCC(=O)NC(COC1OC(CO)C(OC2OC(CO)C(O)C(O)C2O)C(O)C1O)C(O)/C=C/CC/C=C/CCCCCCC. The third kappa shape index (κ3) is 31.0. The number of nitrogens with one attached hydrogen (secondary N) is 1. The molecule has 12 unspecified atom stereocenters. The van der Waals surface area contributed by atoms with Crippen LogP contribution in [0.2, 0.25) is 0 Å². The molecule has 0 spiro atoms. The van der Waals surface area contributed by atoms with Crippen LogP contribution in [-0.4, -0.2) is 140 Å². The topological polar surface area (TPSA) is 228 Å². The summed E-state index contributed by atoms with van der Waals surface area (Å²) >= 11 is 0. The van der Waals surface area contributed by atoms with E-state index in [1.807, 2.05) is 6.08 Å². The van der Waals surface area contributed by atoms with E-state index in [0.717, 1.165) is 57.8 Å². The molecule has 2 heterocycles. The summed E-state index contributed by atoms with van der Waals surface area (Å²) in [7, 11) is 0. The van der Waals surface area contributed by atoms with Crippen LogP contribution in [0.5, 0.6) is 0 Å². The monoisotopic (exact) mass is 1050 g/mol. The molecule has 0 saturated carbocycles. The summed E-state index contributed by atoms with van der Waals surface area (Å²) in [5.41, 5.74) is 0. The van der Waals surface area contributed by atoms with E-state index in [1.54, 1.807) is 6.08 Å². The smallest absolute Gasteiger partial charge is 0.220 e. The summed E-state index contributed by atoms with van der Waals surface area (Å²) in [5.74, 6) is -0.253. The molecule has 14 heteroatoms. The molecule has 428 valence electrons. The molecule has 14 nitrogen and oxygen atoms in total. The summed E-state index contributed by atoms with van der Waals surface area (Å²) in [6.07, 6.45) is 42.5. The predicted octanol–water partition coefficient (Wildman–Crippen LogP) is 9.55. The molecule has 9 N–H and O–H groups in total. The van der Waals surface area contributed by atoms with Gasteiger partial charge in [0.25, 0.3) is 0 Å². The molecule has 2 rings (SSSR count). The molecule has 0 bridgehead atoms. The van der Waals surface area contributed by atoms with Crippen molar-refractivity contribution >= 4 is 5.91 Å². The Labute approximate surface area is 447 Å². The number of rotatable bonds is 45. The maximum atomic E-state index is 13.2. The molecule has 2 aliphatic rings. The van der Waals surface area contributed by atoms with E-state index in [9.17, 15) is 45.6 Å². The summed E-state index contributed by atoms with van der Waals surface area (Å²) in [5, 5.41) is 86.8. The Balaban J connectivity index is 1.68. The molecule has 2 aliphatic heterocycles. The van der Waals surface area contributed by atoms with Gasteiger partial charge in [-0.15, -0.1) is 0 Å². The van der Waals surface area contributed by atoms with Gasteiger partial charge in [0, 0.05) is 6.42 Å². The molecule has 1 amide bonds. The number of amides is 1. The first-order valence-corrected chi connectivity index (χ1v) is 29.2. The zero-order valence-corrected chi connectivity index (χ0v) is 45.8. The highest BCUT2D eigenvalue weighted by Gasteiger charge is 2.51. The first-order valence-electron chi connectivity index (χ1n) is 29.2. The molecule has 0 radical (unpaired) electrons. The molecule has 0 aliphatic carbocycles. The normalized spacial score (nSPS) is 25.8. The van der Waals surface area contributed by atoms with Crippen molar-refractivity contribution in [3.63, 3.8) is 0 Å². The van der Waals surface area contributed by atoms with Gasteiger partial charge in [-0.2, -0.15) is 0 Å². The minimum atomic E-state index is -1.79. The van der Waals surface area contributed by atoms with Gasteiger partial charge in [-0.25, -0.2) is 0 Å². The zero-order chi connectivity index (χ0) is 53.9. The van der Waals surface area contributed by atoms with Gasteiger partial charge in [0.05, 0.1) is 32.0 Å². The van der Waals surface area contributed by atoms with Crippen LogP contribution in [0.4, 0.5) is 0 Å². The summed E-state index contributed by atoms with van der Waals surface area (Å²) in [6, 6.07) is -0.932. The molecular formula is C60H105NO13. The molecule has 74 heavy (non-hydrogen) atoms. The average Bonchev–Trinajstić information content (AvgIpc) is 3.40. The Morgan fingerprint density at radius 1 is 0.500 bits per heavy atom. The number of aliphatic hydroxyl groups is 8. The molecular weight excluding hydrogens is 943 g/mol. The first-order chi connectivity index (χ1) is 36.1. The van der Waals surface area contributed by atoms with Gasteiger partial charge in [0.15, 0.2) is 12.6 Å². The second kappa shape index (κ2) is 45.4. The highest BCUT2D eigenvalue weighted by Crippen LogP contribution is 2.30. The second-order valence-corrected chi connectivity index (χ2v) is 20.4. The predicted molar refractivity (Wildman–Crippen MR) is 295 cm³/mol. The summed E-state index contributed by atoms with van der Waals surface area (Å²) in [4.78, 5) is 13.2. The molecule has 0 aromatic heterocycles. The molecule has 2 saturated heterocycles. The third-order valence-electron chi connectivity index (χ3n) is 13.9. The standard InChI is InChI=1S/C60H105NO13/c1-3-5-7-9-11-13-15-16-17-18-19-20-21-22-23-24-25-26-27-28-29-30-31-32-34-36-38-40-42-44-52(65)61-48(49(64)43-41-39-37-35-33-14-12-10-8-6-4-2)47-71-59-57(70)55(68)58(51(46-63)73-59)74-60-56(69)54(67)53(66)50(45-62)72-60/h5,7,11,13,16-17,19-20,33,35,41,43,48-51,53-60,62-64,66-70H,3-4,6,8-10,12,14-15,18,21-32,34,36-40,42,44-47H2,1-2H3,(H,61,65)/b7-5-,13-11-,17-16-,20-19-,35-33+,43-41+. The third-order valence-corrected chi connectivity index (χ3v) is 13.9. The highest BCUT2D eigenvalue weighted by molar-refractivity contribution is 5.76. The van der Waals surface area contributed by atoms with Gasteiger partial charge in [-0.05, 0) is 70.6 Å². The van der Waals surface area contributed by atoms with E-state index < -0.39 is 86.8 Å². The lowest BCUT2D eigenvalue weighted by Gasteiger charge is -2.46. The number of ether oxygens (including phenoxy) is 4. The number of allylic oxidation sites excluding steroid dienone is 11. The van der Waals surface area contributed by atoms with E-state index in [0.29, 0.717) is 12.8 Å². The van der Waals surface area contributed by atoms with Crippen LogP contribution in [0.3, 0.4) is 0 Å². The Morgan fingerprint density at radius 2 is 0.946 bits per heavy atom. The first kappa shape index (κ1) is 67.5. The van der Waals surface area contributed by atoms with Crippen molar-refractivity contribution in [1.29, 1.82) is 0 Å². The van der Waals surface area contributed by atoms with Crippen LogP contribution >= 0.6 is 0 Å². The lowest BCUT2D eigenvalue weighted by Crippen LogP contribution is -2.65. The second-order valence-electron chi connectivity index (χ2n) is 20.4. The van der Waals surface area contributed by atoms with Gasteiger partial charge < -0.3 is 65.1 Å². The highest BCUT2D eigenvalue weighted by atomic mass is 16.7. The number of carbonyl (C=O) groups excluding carboxylic acids is 1. The average molecular weight is 1050 g/mol. The Bertz CT molecular complexity index is 1520. The minimum Gasteiger partial charge on any atom is -0.394 e. The van der Waals surface area contributed by atoms with E-state index in [4.69, 9.17) is 18.9 Å². The number of aliphatic hydroxyl groups excluding tert-OH is 8. The quantitative estimate of drug-likeness (QED) is 0.0205. The largest absolute Gasteiger partial charge is 0.394 e. The Hall–Kier alpha value is -2.57. The number of unbranched alkanes of at least 4 members (excludes halogenated alkanes) is 22. The molecule has 0 aromatic carbocycles. The van der Waals surface area contributed by atoms with E-state index in [1.165, 1.54) is 116 Å². The van der Waals surface area contributed by atoms with Crippen LogP contribution in [-0.2, 0) is 23.7 Å². The van der Waals surface area contributed by atoms with Crippen LogP contribution in [0.15, 0.2) is 72.9 Å². The fourth-order valence-electron chi connectivity index (χ4n) is 9.18. The number of hydrogen-bond donors (Lipinski definition) is 9. The van der Waals surface area contributed by atoms with Crippen LogP contribution in [0.1, 0.15) is 206 Å². The molecule has 2 fully saturated rings. The van der Waals surface area contributed by atoms with Crippen molar-refractivity contribution < 1.29 is 64.6 Å². The van der Waals surface area contributed by atoms with Crippen LogP contribution in [0.25, 0.3) is 0 Å². The lowest BCUT2D eigenvalue weighted by molar-refractivity contribution is -0.359. The van der Waals surface area contributed by atoms with Crippen molar-refractivity contribution in [2.24, 2.45) is 0 Å². The maximum absolute atomic E-state index is 13.2. The van der Waals surface area contributed by atoms with Gasteiger partial charge in [0.1, 0.15) is 48.8 Å². The number of hydrogen-bond acceptors (Lipinski definition) is 13. The zero-order valence-electron chi connectivity index (χ0n) is 45.8. The Kier molecular flexibility index (Phi) is 41.5. The van der Waals surface area contributed by atoms with E-state index in [-0.39, 0.29) is 18.9 Å². The van der Waals surface area contributed by atoms with Crippen molar-refractivity contribution in [2.45, 2.75) is 280 Å². The fraction of sp³-hybridized carbons (Fsp3) is 0.783. The van der Waals surface area contributed by atoms with Crippen LogP contribution in [0, 0.1) is 0 Å². The van der Waals surface area contributed by atoms with Crippen molar-refractivity contribution in [3.05, 3.63) is 72.9 Å². The van der Waals surface area contributed by atoms with Gasteiger partial charge in [-0.1, -0.05) is 202 Å². The van der Waals surface area contributed by atoms with Gasteiger partial charge in [0.2, 0.25) is 5.91 Å². The summed E-state index contributed by atoms with van der Waals surface area (Å²) < 4.78 is 22.7. The fourth-order valence-corrected chi connectivity index (χ4v) is 9.18. The van der Waals surface area contributed by atoms with E-state index >= 15 is 0 Å². The number of carbonyl (C=O) groups is 1. The minimum absolute atomic E-state index is 0.253. The van der Waals surface area contributed by atoms with Crippen molar-refractivity contribution in [3.8, 4) is 0 Å². The van der Waals surface area contributed by atoms with Crippen molar-refractivity contribution in [1.82, 2.24) is 5.32 Å². The maximum Gasteiger partial charge on any atom is 0.220 e. The summed E-state index contributed by atoms with van der Waals surface area (Å²) in [6.45, 7) is 2.63. The lowest BCUT2D eigenvalue weighted by atomic mass is 9.97. The van der Waals surface area contributed by atoms with Gasteiger partial charge in [-0.3, -0.25) is 4.79 Å². The molecule has 0 aromatic rings. The van der Waals surface area contributed by atoms with Crippen LogP contribution < -0.4 is 5.32 Å². The molecule has 12 atom stereocenters.